The van der Waals surface area contributed by atoms with Gasteiger partial charge in [0.15, 0.2) is 0 Å². The third kappa shape index (κ3) is 4.47. The fourth-order valence-electron chi connectivity index (χ4n) is 3.48. The molecule has 0 saturated heterocycles. The molecule has 2 aromatic rings. The predicted octanol–water partition coefficient (Wildman–Crippen LogP) is 2.02. The van der Waals surface area contributed by atoms with Gasteiger partial charge in [-0.25, -0.2) is 4.98 Å². The van der Waals surface area contributed by atoms with Crippen molar-refractivity contribution in [3.63, 3.8) is 0 Å². The van der Waals surface area contributed by atoms with Gasteiger partial charge in [-0.1, -0.05) is 6.07 Å². The van der Waals surface area contributed by atoms with Crippen LogP contribution >= 0.6 is 0 Å². The van der Waals surface area contributed by atoms with Crippen LogP contribution in [0.2, 0.25) is 0 Å². The molecule has 0 spiro atoms. The van der Waals surface area contributed by atoms with Gasteiger partial charge < -0.3 is 19.9 Å². The van der Waals surface area contributed by atoms with Crippen molar-refractivity contribution in [2.75, 3.05) is 0 Å². The van der Waals surface area contributed by atoms with E-state index >= 15 is 0 Å². The number of fused-ring (bicyclic) bond motifs is 1. The smallest absolute Gasteiger partial charge is 0.306 e. The average Bonchev–Trinajstić information content (AvgIpc) is 3.17. The fourth-order valence-corrected chi connectivity index (χ4v) is 3.48. The number of rotatable bonds is 6. The van der Waals surface area contributed by atoms with Crippen LogP contribution < -0.4 is 5.73 Å². The second kappa shape index (κ2) is 7.69. The van der Waals surface area contributed by atoms with E-state index in [0.29, 0.717) is 5.56 Å². The maximum absolute atomic E-state index is 12.9. The number of hydrogen-bond acceptors (Lipinski definition) is 5. The first kappa shape index (κ1) is 20.6. The van der Waals surface area contributed by atoms with Crippen molar-refractivity contribution in [2.45, 2.75) is 51.8 Å². The van der Waals surface area contributed by atoms with E-state index in [9.17, 15) is 14.4 Å². The van der Waals surface area contributed by atoms with Gasteiger partial charge >= 0.3 is 5.97 Å². The molecule has 2 heterocycles. The summed E-state index contributed by atoms with van der Waals surface area (Å²) in [5.74, 6) is -0.543. The number of nitrogens with zero attached hydrogens (tertiary/aromatic N) is 3. The summed E-state index contributed by atoms with van der Waals surface area (Å²) in [6.45, 7) is 5.58. The van der Waals surface area contributed by atoms with Gasteiger partial charge in [0.25, 0.3) is 5.91 Å². The summed E-state index contributed by atoms with van der Waals surface area (Å²) >= 11 is 0. The maximum Gasteiger partial charge on any atom is 0.306 e. The van der Waals surface area contributed by atoms with E-state index in [1.165, 1.54) is 4.90 Å². The zero-order valence-electron chi connectivity index (χ0n) is 17.1. The largest absolute Gasteiger partial charge is 0.460 e. The number of aromatic nitrogens is 2. The highest BCUT2D eigenvalue weighted by Gasteiger charge is 2.36. The van der Waals surface area contributed by atoms with Crippen LogP contribution in [0.4, 0.5) is 0 Å². The molecule has 0 radical (unpaired) electrons. The Kier molecular flexibility index (Phi) is 5.46. The monoisotopic (exact) mass is 398 g/mol. The van der Waals surface area contributed by atoms with Crippen LogP contribution in [0.3, 0.4) is 0 Å². The zero-order valence-corrected chi connectivity index (χ0v) is 17.1. The molecule has 1 aliphatic heterocycles. The average molecular weight is 398 g/mol. The number of hydrogen-bond donors (Lipinski definition) is 1. The van der Waals surface area contributed by atoms with Crippen LogP contribution in [0, 0.1) is 0 Å². The quantitative estimate of drug-likeness (QED) is 0.749. The molecular formula is C21H26N4O4. The highest BCUT2D eigenvalue weighted by Crippen LogP contribution is 2.30. The second-order valence-corrected chi connectivity index (χ2v) is 8.21. The van der Waals surface area contributed by atoms with Crippen LogP contribution in [0.5, 0.6) is 0 Å². The van der Waals surface area contributed by atoms with Crippen molar-refractivity contribution in [1.82, 2.24) is 14.5 Å². The predicted molar refractivity (Wildman–Crippen MR) is 107 cm³/mol. The standard InChI is InChI=1S/C21H26N4O4/c1-21(2,3)29-17(26)8-7-16(18(22)27)25-12-14-11-13(5-6-15(14)20(25)28)19-23-9-10-24(19)4/h5-6,9-11,16H,7-8,12H2,1-4H3,(H2,22,27). The number of esters is 1. The maximum atomic E-state index is 12.9. The van der Waals surface area contributed by atoms with E-state index < -0.39 is 23.5 Å². The van der Waals surface area contributed by atoms with Crippen LogP contribution in [0.15, 0.2) is 30.6 Å². The number of aryl methyl sites for hydroxylation is 1. The Hall–Kier alpha value is -3.16. The first-order valence-electron chi connectivity index (χ1n) is 9.49. The SMILES string of the molecule is Cn1ccnc1-c1ccc2c(c1)CN(C(CCC(=O)OC(C)(C)C)C(N)=O)C2=O. The molecule has 8 heteroatoms. The third-order valence-electron chi connectivity index (χ3n) is 4.76. The Morgan fingerprint density at radius 2 is 2.03 bits per heavy atom. The van der Waals surface area contributed by atoms with Gasteiger partial charge in [-0.2, -0.15) is 0 Å². The molecule has 0 aliphatic carbocycles. The number of imidazole rings is 1. The van der Waals surface area contributed by atoms with Crippen LogP contribution in [-0.2, 0) is 27.9 Å². The van der Waals surface area contributed by atoms with Gasteiger partial charge in [0.2, 0.25) is 5.91 Å². The lowest BCUT2D eigenvalue weighted by molar-refractivity contribution is -0.155. The molecule has 1 aromatic heterocycles. The topological polar surface area (TPSA) is 108 Å². The van der Waals surface area contributed by atoms with E-state index in [1.54, 1.807) is 33.0 Å². The highest BCUT2D eigenvalue weighted by atomic mass is 16.6. The van der Waals surface area contributed by atoms with Gasteiger partial charge in [-0.3, -0.25) is 14.4 Å². The highest BCUT2D eigenvalue weighted by molar-refractivity contribution is 6.01. The Bertz CT molecular complexity index is 958. The molecule has 1 atom stereocenters. The molecule has 0 bridgehead atoms. The number of ether oxygens (including phenoxy) is 1. The molecule has 1 aliphatic rings. The third-order valence-corrected chi connectivity index (χ3v) is 4.76. The van der Waals surface area contributed by atoms with E-state index in [2.05, 4.69) is 4.98 Å². The van der Waals surface area contributed by atoms with Crippen LogP contribution in [0.1, 0.15) is 49.5 Å². The molecule has 154 valence electrons. The minimum atomic E-state index is -0.876. The lowest BCUT2D eigenvalue weighted by Gasteiger charge is -2.25. The van der Waals surface area contributed by atoms with Crippen molar-refractivity contribution in [3.8, 4) is 11.4 Å². The molecule has 2 N–H and O–H groups in total. The number of primary amides is 1. The number of nitrogens with two attached hydrogens (primary N) is 1. The molecule has 3 rings (SSSR count). The summed E-state index contributed by atoms with van der Waals surface area (Å²) in [5.41, 5.74) is 7.17. The van der Waals surface area contributed by atoms with Crippen molar-refractivity contribution in [3.05, 3.63) is 41.7 Å². The normalized spacial score (nSPS) is 14.6. The van der Waals surface area contributed by atoms with Gasteiger partial charge in [0.1, 0.15) is 17.5 Å². The summed E-state index contributed by atoms with van der Waals surface area (Å²) in [7, 11) is 1.90. The molecule has 1 unspecified atom stereocenters. The Morgan fingerprint density at radius 3 is 2.62 bits per heavy atom. The molecule has 8 nitrogen and oxygen atoms in total. The number of benzene rings is 1. The van der Waals surface area contributed by atoms with Gasteiger partial charge in [-0.05, 0) is 44.9 Å². The summed E-state index contributed by atoms with van der Waals surface area (Å²) in [6, 6.07) is 4.61. The van der Waals surface area contributed by atoms with E-state index in [-0.39, 0.29) is 25.3 Å². The summed E-state index contributed by atoms with van der Waals surface area (Å²) in [5, 5.41) is 0. The van der Waals surface area contributed by atoms with Crippen molar-refractivity contribution >= 4 is 17.8 Å². The first-order valence-corrected chi connectivity index (χ1v) is 9.49. The van der Waals surface area contributed by atoms with Crippen LogP contribution in [0.25, 0.3) is 11.4 Å². The Balaban J connectivity index is 1.76. The first-order chi connectivity index (χ1) is 13.6. The Morgan fingerprint density at radius 1 is 1.31 bits per heavy atom. The van der Waals surface area contributed by atoms with Gasteiger partial charge in [0.05, 0.1) is 0 Å². The van der Waals surface area contributed by atoms with E-state index in [1.807, 2.05) is 29.9 Å². The minimum absolute atomic E-state index is 0.00349. The minimum Gasteiger partial charge on any atom is -0.460 e. The van der Waals surface area contributed by atoms with E-state index in [4.69, 9.17) is 10.5 Å². The van der Waals surface area contributed by atoms with Crippen molar-refractivity contribution in [2.24, 2.45) is 12.8 Å². The molecule has 29 heavy (non-hydrogen) atoms. The van der Waals surface area contributed by atoms with Gasteiger partial charge in [0, 0.05) is 43.5 Å². The summed E-state index contributed by atoms with van der Waals surface area (Å²) in [4.78, 5) is 42.7. The zero-order chi connectivity index (χ0) is 21.3. The number of carbonyl (C=O) groups excluding carboxylic acids is 3. The molecular weight excluding hydrogens is 372 g/mol. The second-order valence-electron chi connectivity index (χ2n) is 8.21. The summed E-state index contributed by atoms with van der Waals surface area (Å²) < 4.78 is 7.18. The number of carbonyl (C=O) groups is 3. The fraction of sp³-hybridized carbons (Fsp3) is 0.429. The van der Waals surface area contributed by atoms with E-state index in [0.717, 1.165) is 17.0 Å². The van der Waals surface area contributed by atoms with Crippen molar-refractivity contribution < 1.29 is 19.1 Å². The summed E-state index contributed by atoms with van der Waals surface area (Å²) in [6.07, 6.45) is 3.68. The van der Waals surface area contributed by atoms with Gasteiger partial charge in [-0.15, -0.1) is 0 Å². The molecule has 1 aromatic carbocycles. The lowest BCUT2D eigenvalue weighted by atomic mass is 10.1. The molecule has 2 amide bonds. The number of amides is 2. The lowest BCUT2D eigenvalue weighted by Crippen LogP contribution is -2.45. The molecule has 0 fully saturated rings. The Labute approximate surface area is 169 Å². The van der Waals surface area contributed by atoms with Crippen molar-refractivity contribution in [1.29, 1.82) is 0 Å². The molecule has 0 saturated carbocycles. The van der Waals surface area contributed by atoms with Crippen LogP contribution in [-0.4, -0.2) is 43.9 Å².